The molecule has 0 fully saturated rings. The molecule has 0 amide bonds. The topological polar surface area (TPSA) is 77.5 Å². The van der Waals surface area contributed by atoms with Gasteiger partial charge in [0.2, 0.25) is 0 Å². The number of imidazole rings is 1. The highest BCUT2D eigenvalue weighted by Crippen LogP contribution is 2.39. The number of nitrogens with zero attached hydrogens (tertiary/aromatic N) is 5. The van der Waals surface area contributed by atoms with Gasteiger partial charge in [-0.1, -0.05) is 11.3 Å². The summed E-state index contributed by atoms with van der Waals surface area (Å²) < 4.78 is 8.81. The minimum absolute atomic E-state index is 0.504. The van der Waals surface area contributed by atoms with Crippen molar-refractivity contribution in [2.45, 2.75) is 25.4 Å². The maximum absolute atomic E-state index is 11.2. The third-order valence-corrected chi connectivity index (χ3v) is 6.21. The normalized spacial score (nSPS) is 15.1. The molecule has 1 aliphatic carbocycles. The van der Waals surface area contributed by atoms with Gasteiger partial charge in [0.05, 0.1) is 35.8 Å². The molecule has 0 aliphatic heterocycles. The highest BCUT2D eigenvalue weighted by Gasteiger charge is 2.26. The first kappa shape index (κ1) is 17.2. The van der Waals surface area contributed by atoms with Gasteiger partial charge in [-0.25, -0.2) is 9.67 Å². The molecule has 4 aromatic rings. The van der Waals surface area contributed by atoms with Crippen molar-refractivity contribution in [3.63, 3.8) is 0 Å². The van der Waals surface area contributed by atoms with E-state index in [1.807, 2.05) is 34.9 Å². The van der Waals surface area contributed by atoms with Crippen LogP contribution < -0.4 is 4.74 Å². The first-order valence-electron chi connectivity index (χ1n) is 9.13. The van der Waals surface area contributed by atoms with Crippen LogP contribution in [0.2, 0.25) is 0 Å². The Morgan fingerprint density at radius 2 is 2.11 bits per heavy atom. The lowest BCUT2D eigenvalue weighted by atomic mass is 10.1. The summed E-state index contributed by atoms with van der Waals surface area (Å²) in [5.74, 6) is 0.777. The Morgan fingerprint density at radius 3 is 2.86 bits per heavy atom. The number of aliphatic hydroxyl groups excluding tert-OH is 1. The molecule has 8 heteroatoms. The SMILES string of the molecule is COc1ccc(-n2cc(C(O)c3c(C4=CCCC4)sc4cncn34)nn2)cc1. The third kappa shape index (κ3) is 2.81. The predicted octanol–water partition coefficient (Wildman–Crippen LogP) is 3.63. The maximum Gasteiger partial charge on any atom is 0.141 e. The van der Waals surface area contributed by atoms with Crippen molar-refractivity contribution in [1.29, 1.82) is 0 Å². The highest BCUT2D eigenvalue weighted by molar-refractivity contribution is 7.18. The van der Waals surface area contributed by atoms with Crippen LogP contribution >= 0.6 is 11.3 Å². The van der Waals surface area contributed by atoms with E-state index in [2.05, 4.69) is 21.4 Å². The quantitative estimate of drug-likeness (QED) is 0.560. The summed E-state index contributed by atoms with van der Waals surface area (Å²) in [6.07, 6.45) is 10.0. The fourth-order valence-electron chi connectivity index (χ4n) is 3.57. The summed E-state index contributed by atoms with van der Waals surface area (Å²) in [6, 6.07) is 7.53. The van der Waals surface area contributed by atoms with E-state index in [1.54, 1.807) is 35.7 Å². The van der Waals surface area contributed by atoms with Crippen LogP contribution in [0.3, 0.4) is 0 Å². The monoisotopic (exact) mass is 393 g/mol. The lowest BCUT2D eigenvalue weighted by molar-refractivity contribution is 0.209. The molecule has 1 aliphatic rings. The smallest absolute Gasteiger partial charge is 0.141 e. The van der Waals surface area contributed by atoms with Crippen LogP contribution in [0.25, 0.3) is 16.1 Å². The lowest BCUT2D eigenvalue weighted by Gasteiger charge is -2.10. The lowest BCUT2D eigenvalue weighted by Crippen LogP contribution is -2.06. The van der Waals surface area contributed by atoms with Gasteiger partial charge in [-0.2, -0.15) is 0 Å². The Balaban J connectivity index is 1.53. The van der Waals surface area contributed by atoms with Gasteiger partial charge in [-0.05, 0) is 49.1 Å². The van der Waals surface area contributed by atoms with Crippen LogP contribution in [-0.2, 0) is 0 Å². The summed E-state index contributed by atoms with van der Waals surface area (Å²) in [6.45, 7) is 0. The van der Waals surface area contributed by atoms with Crippen molar-refractivity contribution in [3.8, 4) is 11.4 Å². The summed E-state index contributed by atoms with van der Waals surface area (Å²) in [5, 5.41) is 19.6. The van der Waals surface area contributed by atoms with E-state index in [1.165, 1.54) is 5.57 Å². The van der Waals surface area contributed by atoms with Gasteiger partial charge in [0.1, 0.15) is 28.7 Å². The zero-order valence-electron chi connectivity index (χ0n) is 15.3. The number of methoxy groups -OCH3 is 1. The van der Waals surface area contributed by atoms with Gasteiger partial charge < -0.3 is 9.84 Å². The Labute approximate surface area is 165 Å². The molecule has 1 unspecified atom stereocenters. The molecule has 0 radical (unpaired) electrons. The van der Waals surface area contributed by atoms with E-state index in [0.29, 0.717) is 5.69 Å². The van der Waals surface area contributed by atoms with Crippen LogP contribution in [-0.4, -0.2) is 36.6 Å². The summed E-state index contributed by atoms with van der Waals surface area (Å²) >= 11 is 1.66. The number of hydrogen-bond acceptors (Lipinski definition) is 6. The fraction of sp³-hybridized carbons (Fsp3) is 0.250. The number of hydrogen-bond donors (Lipinski definition) is 1. The molecule has 28 heavy (non-hydrogen) atoms. The van der Waals surface area contributed by atoms with E-state index in [4.69, 9.17) is 4.74 Å². The maximum atomic E-state index is 11.2. The van der Waals surface area contributed by atoms with E-state index >= 15 is 0 Å². The zero-order chi connectivity index (χ0) is 19.1. The van der Waals surface area contributed by atoms with Gasteiger partial charge in [-0.3, -0.25) is 4.40 Å². The first-order valence-corrected chi connectivity index (χ1v) is 9.95. The van der Waals surface area contributed by atoms with E-state index in [0.717, 1.165) is 46.1 Å². The van der Waals surface area contributed by atoms with Crippen LogP contribution in [0.5, 0.6) is 5.75 Å². The van der Waals surface area contributed by atoms with Crippen molar-refractivity contribution in [3.05, 3.63) is 65.3 Å². The minimum Gasteiger partial charge on any atom is -0.497 e. The number of thiazole rings is 1. The van der Waals surface area contributed by atoms with Gasteiger partial charge >= 0.3 is 0 Å². The molecule has 7 nitrogen and oxygen atoms in total. The summed E-state index contributed by atoms with van der Waals surface area (Å²) in [4.78, 5) is 6.35. The Hall–Kier alpha value is -2.97. The third-order valence-electron chi connectivity index (χ3n) is 5.02. The van der Waals surface area contributed by atoms with Crippen molar-refractivity contribution in [2.75, 3.05) is 7.11 Å². The number of benzene rings is 1. The van der Waals surface area contributed by atoms with Gasteiger partial charge in [0, 0.05) is 0 Å². The van der Waals surface area contributed by atoms with Gasteiger partial charge in [0.15, 0.2) is 0 Å². The standard InChI is InChI=1S/C20H19N5O2S/c1-27-15-8-6-14(7-9-15)25-11-16(22-23-25)19(26)18-20(13-4-2-3-5-13)28-17-10-21-12-24(17)18/h4,6-12,19,26H,2-3,5H2,1H3. The van der Waals surface area contributed by atoms with E-state index in [9.17, 15) is 5.11 Å². The van der Waals surface area contributed by atoms with Crippen molar-refractivity contribution in [2.24, 2.45) is 0 Å². The summed E-state index contributed by atoms with van der Waals surface area (Å²) in [5.41, 5.74) is 3.46. The molecule has 142 valence electrons. The average Bonchev–Trinajstić information content (AvgIpc) is 3.51. The molecule has 3 aromatic heterocycles. The zero-order valence-corrected chi connectivity index (χ0v) is 16.1. The second-order valence-corrected chi connectivity index (χ2v) is 7.76. The minimum atomic E-state index is -0.883. The second kappa shape index (κ2) is 6.88. The fourth-order valence-corrected chi connectivity index (χ4v) is 4.77. The Bertz CT molecular complexity index is 1160. The average molecular weight is 393 g/mol. The van der Waals surface area contributed by atoms with Gasteiger partial charge in [-0.15, -0.1) is 16.4 Å². The molecule has 5 rings (SSSR count). The number of aromatic nitrogens is 5. The molecular formula is C20H19N5O2S. The van der Waals surface area contributed by atoms with E-state index < -0.39 is 6.10 Å². The van der Waals surface area contributed by atoms with Crippen molar-refractivity contribution >= 4 is 21.7 Å². The molecule has 0 bridgehead atoms. The Kier molecular flexibility index (Phi) is 4.22. The van der Waals surface area contributed by atoms with Crippen LogP contribution in [0.15, 0.2) is 49.1 Å². The number of rotatable bonds is 5. The predicted molar refractivity (Wildman–Crippen MR) is 107 cm³/mol. The molecule has 1 atom stereocenters. The second-order valence-electron chi connectivity index (χ2n) is 6.73. The van der Waals surface area contributed by atoms with Crippen LogP contribution in [0, 0.1) is 0 Å². The van der Waals surface area contributed by atoms with Gasteiger partial charge in [0.25, 0.3) is 0 Å². The molecule has 1 aromatic carbocycles. The first-order chi connectivity index (χ1) is 13.7. The number of ether oxygens (including phenoxy) is 1. The number of allylic oxidation sites excluding steroid dienone is 2. The number of fused-ring (bicyclic) bond motifs is 1. The molecule has 3 heterocycles. The van der Waals surface area contributed by atoms with Crippen LogP contribution in [0.4, 0.5) is 0 Å². The summed E-state index contributed by atoms with van der Waals surface area (Å²) in [7, 11) is 1.63. The van der Waals surface area contributed by atoms with Crippen LogP contribution in [0.1, 0.15) is 41.6 Å². The molecule has 0 saturated carbocycles. The largest absolute Gasteiger partial charge is 0.497 e. The molecular weight excluding hydrogens is 374 g/mol. The Morgan fingerprint density at radius 1 is 1.25 bits per heavy atom. The highest BCUT2D eigenvalue weighted by atomic mass is 32.1. The van der Waals surface area contributed by atoms with E-state index in [-0.39, 0.29) is 0 Å². The molecule has 0 saturated heterocycles. The van der Waals surface area contributed by atoms with Crippen molar-refractivity contribution in [1.82, 2.24) is 24.4 Å². The van der Waals surface area contributed by atoms with Crippen molar-refractivity contribution < 1.29 is 9.84 Å². The molecule has 1 N–H and O–H groups in total. The number of aliphatic hydroxyl groups is 1. The molecule has 0 spiro atoms.